The van der Waals surface area contributed by atoms with Crippen molar-refractivity contribution in [2.24, 2.45) is 22.2 Å². The number of hydrogen-bond acceptors (Lipinski definition) is 5. The normalized spacial score (nSPS) is 16.0. The van der Waals surface area contributed by atoms with Crippen molar-refractivity contribution in [1.29, 1.82) is 0 Å². The van der Waals surface area contributed by atoms with E-state index in [1.165, 1.54) is 5.56 Å². The van der Waals surface area contributed by atoms with Gasteiger partial charge in [0.15, 0.2) is 5.96 Å². The van der Waals surface area contributed by atoms with E-state index in [0.717, 1.165) is 5.56 Å². The lowest BCUT2D eigenvalue weighted by atomic mass is 9.95. The minimum Gasteiger partial charge on any atom is -0.475 e. The first-order chi connectivity index (χ1) is 14.4. The number of hydrogen-bond donors (Lipinski definition) is 6. The number of nitrogens with zero attached hydrogens (tertiary/aromatic N) is 1. The number of amides is 2. The van der Waals surface area contributed by atoms with E-state index in [9.17, 15) is 22.8 Å². The number of primary amides is 1. The number of carbonyl (C=O) groups excluding carboxylic acids is 2. The molecule has 172 valence electrons. The Hall–Kier alpha value is -3.35. The van der Waals surface area contributed by atoms with Crippen molar-refractivity contribution in [3.05, 3.63) is 35.4 Å². The summed E-state index contributed by atoms with van der Waals surface area (Å²) in [4.78, 5) is 36.7. The first-order valence-corrected chi connectivity index (χ1v) is 9.17. The highest BCUT2D eigenvalue weighted by molar-refractivity contribution is 5.89. The Morgan fingerprint density at radius 3 is 2.29 bits per heavy atom. The van der Waals surface area contributed by atoms with E-state index < -0.39 is 24.1 Å². The van der Waals surface area contributed by atoms with E-state index in [-0.39, 0.29) is 17.9 Å². The maximum atomic E-state index is 12.4. The number of carboxylic acids is 1. The van der Waals surface area contributed by atoms with E-state index in [1.807, 2.05) is 24.3 Å². The highest BCUT2D eigenvalue weighted by Gasteiger charge is 2.38. The fourth-order valence-electron chi connectivity index (χ4n) is 2.70. The van der Waals surface area contributed by atoms with Crippen molar-refractivity contribution in [3.63, 3.8) is 0 Å². The van der Waals surface area contributed by atoms with Crippen LogP contribution in [0.5, 0.6) is 0 Å². The van der Waals surface area contributed by atoms with Gasteiger partial charge in [0.2, 0.25) is 11.8 Å². The number of fused-ring (bicyclic) bond motifs is 1. The fraction of sp³-hybridized carbons (Fsp3) is 0.444. The number of carbonyl (C=O) groups is 3. The van der Waals surface area contributed by atoms with Crippen LogP contribution in [0.1, 0.15) is 24.0 Å². The van der Waals surface area contributed by atoms with Gasteiger partial charge in [0, 0.05) is 13.1 Å². The molecule has 10 nitrogen and oxygen atoms in total. The molecule has 1 aliphatic heterocycles. The van der Waals surface area contributed by atoms with Crippen molar-refractivity contribution < 1.29 is 32.7 Å². The van der Waals surface area contributed by atoms with Gasteiger partial charge in [-0.25, -0.2) is 4.79 Å². The first kappa shape index (κ1) is 25.7. The molecule has 1 aromatic rings. The summed E-state index contributed by atoms with van der Waals surface area (Å²) in [5.74, 6) is -3.55. The third-order valence-corrected chi connectivity index (χ3v) is 4.25. The van der Waals surface area contributed by atoms with Crippen molar-refractivity contribution in [2.45, 2.75) is 44.1 Å². The van der Waals surface area contributed by atoms with Crippen LogP contribution in [-0.4, -0.2) is 53.7 Å². The molecule has 31 heavy (non-hydrogen) atoms. The highest BCUT2D eigenvalue weighted by atomic mass is 19.4. The van der Waals surface area contributed by atoms with E-state index in [2.05, 4.69) is 15.6 Å². The van der Waals surface area contributed by atoms with Gasteiger partial charge in [0.25, 0.3) is 0 Å². The van der Waals surface area contributed by atoms with Crippen LogP contribution in [0, 0.1) is 0 Å². The van der Waals surface area contributed by atoms with Gasteiger partial charge in [-0.2, -0.15) is 13.2 Å². The summed E-state index contributed by atoms with van der Waals surface area (Å²) in [6.45, 7) is 1.01. The van der Waals surface area contributed by atoms with Crippen molar-refractivity contribution in [3.8, 4) is 0 Å². The number of aliphatic carboxylic acids is 1. The van der Waals surface area contributed by atoms with Crippen LogP contribution in [0.2, 0.25) is 0 Å². The highest BCUT2D eigenvalue weighted by Crippen LogP contribution is 2.16. The van der Waals surface area contributed by atoms with Gasteiger partial charge in [-0.15, -0.1) is 0 Å². The summed E-state index contributed by atoms with van der Waals surface area (Å²) in [5, 5.41) is 13.0. The minimum absolute atomic E-state index is 0.000249. The molecule has 0 aliphatic carbocycles. The Balaban J connectivity index is 0.000000592. The molecular formula is C18H25F3N6O4. The van der Waals surface area contributed by atoms with E-state index in [0.29, 0.717) is 32.4 Å². The second kappa shape index (κ2) is 11.7. The Morgan fingerprint density at radius 2 is 1.77 bits per heavy atom. The van der Waals surface area contributed by atoms with Gasteiger partial charge in [-0.1, -0.05) is 24.3 Å². The van der Waals surface area contributed by atoms with E-state index >= 15 is 0 Å². The number of aliphatic imine (C=N–C) groups is 1. The molecule has 0 aromatic heterocycles. The molecule has 0 fully saturated rings. The number of halogens is 3. The summed E-state index contributed by atoms with van der Waals surface area (Å²) in [7, 11) is 0. The third-order valence-electron chi connectivity index (χ3n) is 4.25. The topological polar surface area (TPSA) is 186 Å². The molecule has 0 saturated heterocycles. The molecular weight excluding hydrogens is 421 g/mol. The maximum absolute atomic E-state index is 12.4. The Morgan fingerprint density at radius 1 is 1.19 bits per heavy atom. The number of alkyl halides is 3. The molecule has 2 amide bonds. The predicted octanol–water partition coefficient (Wildman–Crippen LogP) is -0.642. The first-order valence-electron chi connectivity index (χ1n) is 9.17. The van der Waals surface area contributed by atoms with Gasteiger partial charge in [0.05, 0.1) is 6.04 Å². The van der Waals surface area contributed by atoms with Crippen LogP contribution in [0.25, 0.3) is 0 Å². The molecule has 1 aliphatic rings. The molecule has 0 bridgehead atoms. The number of carboxylic acid groups (broad SMARTS) is 1. The summed E-state index contributed by atoms with van der Waals surface area (Å²) in [5.41, 5.74) is 18.2. The summed E-state index contributed by atoms with van der Waals surface area (Å²) >= 11 is 0. The zero-order chi connectivity index (χ0) is 23.6. The summed E-state index contributed by atoms with van der Waals surface area (Å²) in [6.07, 6.45) is -3.56. The summed E-state index contributed by atoms with van der Waals surface area (Å²) in [6, 6.07) is 6.87. The lowest BCUT2D eigenvalue weighted by Crippen LogP contribution is -2.53. The number of nitrogens with one attached hydrogen (secondary N) is 2. The molecule has 2 rings (SSSR count). The fourth-order valence-corrected chi connectivity index (χ4v) is 2.70. The average molecular weight is 446 g/mol. The lowest BCUT2D eigenvalue weighted by Gasteiger charge is -2.26. The molecule has 0 radical (unpaired) electrons. The van der Waals surface area contributed by atoms with Crippen LogP contribution < -0.4 is 27.8 Å². The molecule has 0 unspecified atom stereocenters. The zero-order valence-electron chi connectivity index (χ0n) is 16.5. The van der Waals surface area contributed by atoms with Crippen LogP contribution in [-0.2, 0) is 27.3 Å². The molecule has 2 atom stereocenters. The minimum atomic E-state index is -5.08. The van der Waals surface area contributed by atoms with Crippen molar-refractivity contribution >= 4 is 23.7 Å². The van der Waals surface area contributed by atoms with E-state index in [4.69, 9.17) is 27.1 Å². The zero-order valence-corrected chi connectivity index (χ0v) is 16.5. The third kappa shape index (κ3) is 9.33. The number of rotatable bonds is 7. The number of benzene rings is 1. The standard InChI is InChI=1S/C16H24N6O2.C2HF3O2/c17-14(23)12(6-3-7-20-16(18)19)22-15(24)13-8-10-4-1-2-5-11(10)9-21-13;3-2(4,5)1(6)7/h1-2,4-5,12-13,21H,3,6-9H2,(H2,17,23)(H,22,24)(H4,18,19,20);(H,6,7)/t12-,13-;/m0./s1. The molecule has 0 saturated carbocycles. The van der Waals surface area contributed by atoms with Crippen molar-refractivity contribution in [1.82, 2.24) is 10.6 Å². The van der Waals surface area contributed by atoms with Crippen LogP contribution in [0.3, 0.4) is 0 Å². The Labute approximate surface area is 176 Å². The smallest absolute Gasteiger partial charge is 0.475 e. The van der Waals surface area contributed by atoms with Crippen LogP contribution >= 0.6 is 0 Å². The van der Waals surface area contributed by atoms with Gasteiger partial charge < -0.3 is 32.9 Å². The number of guanidine groups is 1. The van der Waals surface area contributed by atoms with Gasteiger partial charge in [0.1, 0.15) is 6.04 Å². The monoisotopic (exact) mass is 446 g/mol. The molecule has 1 heterocycles. The average Bonchev–Trinajstić information content (AvgIpc) is 2.69. The van der Waals surface area contributed by atoms with Crippen LogP contribution in [0.15, 0.2) is 29.3 Å². The lowest BCUT2D eigenvalue weighted by molar-refractivity contribution is -0.192. The van der Waals surface area contributed by atoms with Gasteiger partial charge in [-0.05, 0) is 30.4 Å². The maximum Gasteiger partial charge on any atom is 0.490 e. The van der Waals surface area contributed by atoms with Gasteiger partial charge >= 0.3 is 12.1 Å². The summed E-state index contributed by atoms with van der Waals surface area (Å²) < 4.78 is 31.7. The van der Waals surface area contributed by atoms with E-state index in [1.54, 1.807) is 0 Å². The van der Waals surface area contributed by atoms with Gasteiger partial charge in [-0.3, -0.25) is 14.6 Å². The Bertz CT molecular complexity index is 812. The number of nitrogens with two attached hydrogens (primary N) is 3. The second-order valence-corrected chi connectivity index (χ2v) is 6.62. The predicted molar refractivity (Wildman–Crippen MR) is 106 cm³/mol. The quantitative estimate of drug-likeness (QED) is 0.183. The van der Waals surface area contributed by atoms with Crippen LogP contribution in [0.4, 0.5) is 13.2 Å². The Kier molecular flexibility index (Phi) is 9.73. The largest absolute Gasteiger partial charge is 0.490 e. The van der Waals surface area contributed by atoms with Crippen molar-refractivity contribution in [2.75, 3.05) is 6.54 Å². The molecule has 0 spiro atoms. The molecule has 13 heteroatoms. The molecule has 1 aromatic carbocycles. The SMILES string of the molecule is NC(=O)[C@H](CCCN=C(N)N)NC(=O)[C@@H]1Cc2ccccc2CN1.O=C(O)C(F)(F)F. The molecule has 9 N–H and O–H groups in total. The second-order valence-electron chi connectivity index (χ2n) is 6.62.